The van der Waals surface area contributed by atoms with Crippen molar-refractivity contribution in [1.29, 1.82) is 0 Å². The highest BCUT2D eigenvalue weighted by molar-refractivity contribution is 7.89. The predicted octanol–water partition coefficient (Wildman–Crippen LogP) is 1.93. The van der Waals surface area contributed by atoms with Gasteiger partial charge in [0.15, 0.2) is 0 Å². The predicted molar refractivity (Wildman–Crippen MR) is 81.3 cm³/mol. The second-order valence-electron chi connectivity index (χ2n) is 6.51. The fourth-order valence-electron chi connectivity index (χ4n) is 4.14. The van der Waals surface area contributed by atoms with Crippen molar-refractivity contribution >= 4 is 10.0 Å². The van der Waals surface area contributed by atoms with Crippen LogP contribution < -0.4 is 4.72 Å². The summed E-state index contributed by atoms with van der Waals surface area (Å²) in [6.45, 7) is 2.56. The van der Waals surface area contributed by atoms with Crippen molar-refractivity contribution in [3.05, 3.63) is 29.8 Å². The molecule has 116 valence electrons. The number of sulfonamides is 1. The van der Waals surface area contributed by atoms with Crippen LogP contribution in [-0.2, 0) is 10.0 Å². The van der Waals surface area contributed by atoms with Gasteiger partial charge in [-0.25, -0.2) is 13.1 Å². The van der Waals surface area contributed by atoms with E-state index in [2.05, 4.69) is 4.72 Å². The van der Waals surface area contributed by atoms with Crippen LogP contribution in [0, 0.1) is 30.6 Å². The average Bonchev–Trinajstić information content (AvgIpc) is 3.06. The van der Waals surface area contributed by atoms with Crippen LogP contribution in [-0.4, -0.2) is 26.7 Å². The normalized spacial score (nSPS) is 31.7. The van der Waals surface area contributed by atoms with Crippen molar-refractivity contribution in [3.63, 3.8) is 0 Å². The number of nitrogens with one attached hydrogen (secondary N) is 1. The van der Waals surface area contributed by atoms with Crippen molar-refractivity contribution in [1.82, 2.24) is 4.72 Å². The molecule has 0 amide bonds. The molecule has 0 spiro atoms. The highest BCUT2D eigenvalue weighted by Gasteiger charge is 2.47. The molecule has 0 heterocycles. The molecule has 2 bridgehead atoms. The standard InChI is InChI=1S/C16H23NO3S/c1-11-2-6-14(7-3-11)21(19,20)17-9-15-12-4-5-13(8-12)16(15)10-18/h2-3,6-7,12-13,15-18H,4-5,8-10H2,1H3/t12-,13+,15-,16+/m0/s1. The van der Waals surface area contributed by atoms with Crippen molar-refractivity contribution < 1.29 is 13.5 Å². The molecule has 0 saturated heterocycles. The Hall–Kier alpha value is -0.910. The van der Waals surface area contributed by atoms with Crippen LogP contribution >= 0.6 is 0 Å². The second kappa shape index (κ2) is 5.71. The van der Waals surface area contributed by atoms with E-state index in [-0.39, 0.29) is 18.4 Å². The molecule has 2 fully saturated rings. The monoisotopic (exact) mass is 309 g/mol. The first-order valence-electron chi connectivity index (χ1n) is 7.68. The summed E-state index contributed by atoms with van der Waals surface area (Å²) in [5, 5.41) is 9.56. The van der Waals surface area contributed by atoms with Gasteiger partial charge in [-0.2, -0.15) is 0 Å². The van der Waals surface area contributed by atoms with Crippen molar-refractivity contribution in [2.75, 3.05) is 13.2 Å². The second-order valence-corrected chi connectivity index (χ2v) is 8.28. The van der Waals surface area contributed by atoms with Gasteiger partial charge in [-0.05, 0) is 62.0 Å². The molecule has 1 aromatic rings. The molecule has 0 aliphatic heterocycles. The molecular weight excluding hydrogens is 286 g/mol. The van der Waals surface area contributed by atoms with Gasteiger partial charge >= 0.3 is 0 Å². The fourth-order valence-corrected chi connectivity index (χ4v) is 5.21. The summed E-state index contributed by atoms with van der Waals surface area (Å²) in [6, 6.07) is 6.90. The SMILES string of the molecule is Cc1ccc(S(=O)(=O)NC[C@H]2[C@H]3CC[C@H](C3)[C@H]2CO)cc1. The zero-order chi connectivity index (χ0) is 15.0. The first kappa shape index (κ1) is 15.0. The zero-order valence-electron chi connectivity index (χ0n) is 12.3. The molecule has 0 radical (unpaired) electrons. The van der Waals surface area contributed by atoms with E-state index in [9.17, 15) is 13.5 Å². The Morgan fingerprint density at radius 3 is 2.38 bits per heavy atom. The number of aliphatic hydroxyl groups is 1. The van der Waals surface area contributed by atoms with Gasteiger partial charge in [0.25, 0.3) is 0 Å². The first-order valence-corrected chi connectivity index (χ1v) is 9.17. The van der Waals surface area contributed by atoms with Crippen LogP contribution in [0.25, 0.3) is 0 Å². The van der Waals surface area contributed by atoms with Gasteiger partial charge < -0.3 is 5.11 Å². The van der Waals surface area contributed by atoms with Crippen molar-refractivity contribution in [2.24, 2.45) is 23.7 Å². The molecule has 0 aromatic heterocycles. The Morgan fingerprint density at radius 2 is 1.76 bits per heavy atom. The number of aliphatic hydroxyl groups excluding tert-OH is 1. The van der Waals surface area contributed by atoms with Crippen LogP contribution in [0.2, 0.25) is 0 Å². The van der Waals surface area contributed by atoms with E-state index in [1.54, 1.807) is 12.1 Å². The lowest BCUT2D eigenvalue weighted by Gasteiger charge is -2.29. The maximum absolute atomic E-state index is 12.3. The summed E-state index contributed by atoms with van der Waals surface area (Å²) in [4.78, 5) is 0.316. The van der Waals surface area contributed by atoms with Gasteiger partial charge in [0, 0.05) is 13.2 Å². The zero-order valence-corrected chi connectivity index (χ0v) is 13.1. The average molecular weight is 309 g/mol. The Bertz CT molecular complexity index is 596. The third kappa shape index (κ3) is 2.87. The number of benzene rings is 1. The lowest BCUT2D eigenvalue weighted by molar-refractivity contribution is 0.126. The quantitative estimate of drug-likeness (QED) is 0.873. The van der Waals surface area contributed by atoms with Gasteiger partial charge in [0.2, 0.25) is 10.0 Å². The topological polar surface area (TPSA) is 66.4 Å². The van der Waals surface area contributed by atoms with Gasteiger partial charge in [-0.1, -0.05) is 17.7 Å². The van der Waals surface area contributed by atoms with Crippen molar-refractivity contribution in [3.8, 4) is 0 Å². The Morgan fingerprint density at radius 1 is 1.14 bits per heavy atom. The number of fused-ring (bicyclic) bond motifs is 2. The van der Waals surface area contributed by atoms with Crippen LogP contribution in [0.4, 0.5) is 0 Å². The summed E-state index contributed by atoms with van der Waals surface area (Å²) in [7, 11) is -3.44. The number of hydrogen-bond donors (Lipinski definition) is 2. The molecule has 2 N–H and O–H groups in total. The van der Waals surface area contributed by atoms with E-state index in [0.717, 1.165) is 12.0 Å². The molecule has 2 aliphatic rings. The Labute approximate surface area is 126 Å². The maximum Gasteiger partial charge on any atom is 0.240 e. The molecule has 1 aromatic carbocycles. The molecular formula is C16H23NO3S. The van der Waals surface area contributed by atoms with Gasteiger partial charge in [0.1, 0.15) is 0 Å². The van der Waals surface area contributed by atoms with Gasteiger partial charge in [-0.15, -0.1) is 0 Å². The minimum atomic E-state index is -3.44. The van der Waals surface area contributed by atoms with E-state index in [0.29, 0.717) is 23.3 Å². The van der Waals surface area contributed by atoms with Crippen LogP contribution in [0.5, 0.6) is 0 Å². The molecule has 4 nitrogen and oxygen atoms in total. The van der Waals surface area contributed by atoms with E-state index >= 15 is 0 Å². The summed E-state index contributed by atoms with van der Waals surface area (Å²) in [6.07, 6.45) is 3.53. The van der Waals surface area contributed by atoms with Crippen LogP contribution in [0.3, 0.4) is 0 Å². The number of rotatable bonds is 5. The van der Waals surface area contributed by atoms with E-state index in [1.807, 2.05) is 19.1 Å². The van der Waals surface area contributed by atoms with Gasteiger partial charge in [-0.3, -0.25) is 0 Å². The molecule has 3 rings (SSSR count). The smallest absolute Gasteiger partial charge is 0.240 e. The first-order chi connectivity index (χ1) is 10.0. The lowest BCUT2D eigenvalue weighted by Crippen LogP contribution is -2.36. The molecule has 0 unspecified atom stereocenters. The maximum atomic E-state index is 12.3. The molecule has 2 aliphatic carbocycles. The third-order valence-electron chi connectivity index (χ3n) is 5.33. The minimum Gasteiger partial charge on any atom is -0.396 e. The van der Waals surface area contributed by atoms with Gasteiger partial charge in [0.05, 0.1) is 4.90 Å². The van der Waals surface area contributed by atoms with Crippen LogP contribution in [0.15, 0.2) is 29.2 Å². The third-order valence-corrected chi connectivity index (χ3v) is 6.77. The molecule has 5 heteroatoms. The Balaban J connectivity index is 1.68. The summed E-state index contributed by atoms with van der Waals surface area (Å²) in [5.41, 5.74) is 1.04. The summed E-state index contributed by atoms with van der Waals surface area (Å²) < 4.78 is 27.4. The van der Waals surface area contributed by atoms with E-state index in [4.69, 9.17) is 0 Å². The molecule has 2 saturated carbocycles. The summed E-state index contributed by atoms with van der Waals surface area (Å²) in [5.74, 6) is 1.72. The lowest BCUT2D eigenvalue weighted by atomic mass is 9.80. The number of hydrogen-bond acceptors (Lipinski definition) is 3. The highest BCUT2D eigenvalue weighted by Crippen LogP contribution is 2.51. The fraction of sp³-hybridized carbons (Fsp3) is 0.625. The van der Waals surface area contributed by atoms with Crippen molar-refractivity contribution in [2.45, 2.75) is 31.1 Å². The van der Waals surface area contributed by atoms with E-state index in [1.165, 1.54) is 12.8 Å². The largest absolute Gasteiger partial charge is 0.396 e. The minimum absolute atomic E-state index is 0.179. The summed E-state index contributed by atoms with van der Waals surface area (Å²) >= 11 is 0. The highest BCUT2D eigenvalue weighted by atomic mass is 32.2. The Kier molecular flexibility index (Phi) is 4.08. The van der Waals surface area contributed by atoms with Crippen LogP contribution in [0.1, 0.15) is 24.8 Å². The van der Waals surface area contributed by atoms with E-state index < -0.39 is 10.0 Å². The molecule has 4 atom stereocenters. The number of aryl methyl sites for hydroxylation is 1. The molecule has 21 heavy (non-hydrogen) atoms.